The van der Waals surface area contributed by atoms with E-state index in [2.05, 4.69) is 5.32 Å². The molecule has 5 nitrogen and oxygen atoms in total. The number of piperazine rings is 1. The smallest absolute Gasteiger partial charge is 0.242 e. The number of rotatable bonds is 7. The number of ether oxygens (including phenoxy) is 1. The molecule has 1 saturated heterocycles. The molecule has 5 heteroatoms. The first-order valence-electron chi connectivity index (χ1n) is 8.60. The zero-order chi connectivity index (χ0) is 17.5. The van der Waals surface area contributed by atoms with Crippen LogP contribution in [0.2, 0.25) is 0 Å². The fourth-order valence-corrected chi connectivity index (χ4v) is 3.12. The molecule has 0 saturated carbocycles. The van der Waals surface area contributed by atoms with Gasteiger partial charge in [-0.15, -0.1) is 0 Å². The maximum atomic E-state index is 12.3. The van der Waals surface area contributed by atoms with Gasteiger partial charge in [-0.25, -0.2) is 0 Å². The van der Waals surface area contributed by atoms with Crippen LogP contribution in [0, 0.1) is 0 Å². The summed E-state index contributed by atoms with van der Waals surface area (Å²) < 4.78 is 5.61. The Morgan fingerprint density at radius 2 is 1.80 bits per heavy atom. The van der Waals surface area contributed by atoms with E-state index in [1.165, 1.54) is 0 Å². The number of nitrogens with zero attached hydrogens (tertiary/aromatic N) is 1. The Balaban J connectivity index is 1.55. The summed E-state index contributed by atoms with van der Waals surface area (Å²) in [6, 6.07) is 19.2. The first kappa shape index (κ1) is 17.6. The normalized spacial score (nSPS) is 19.4. The van der Waals surface area contributed by atoms with Crippen molar-refractivity contribution in [3.63, 3.8) is 0 Å². The van der Waals surface area contributed by atoms with Crippen molar-refractivity contribution in [2.45, 2.75) is 18.8 Å². The van der Waals surface area contributed by atoms with E-state index < -0.39 is 6.10 Å². The Hall–Kier alpha value is -2.21. The van der Waals surface area contributed by atoms with Gasteiger partial charge in [0.25, 0.3) is 0 Å². The van der Waals surface area contributed by atoms with Gasteiger partial charge in [-0.05, 0) is 11.1 Å². The molecule has 1 aliphatic rings. The minimum atomic E-state index is -0.638. The maximum Gasteiger partial charge on any atom is 0.242 e. The van der Waals surface area contributed by atoms with Crippen LogP contribution in [-0.2, 0) is 16.1 Å². The SMILES string of the molecule is O=C1NCCN(C[C@H](O)COCc2ccccc2)[C@H]1c1ccccc1. The van der Waals surface area contributed by atoms with E-state index in [0.717, 1.165) is 11.1 Å². The van der Waals surface area contributed by atoms with Gasteiger partial charge in [-0.1, -0.05) is 60.7 Å². The number of amides is 1. The third-order valence-electron chi connectivity index (χ3n) is 4.29. The zero-order valence-electron chi connectivity index (χ0n) is 14.2. The highest BCUT2D eigenvalue weighted by Gasteiger charge is 2.31. The predicted molar refractivity (Wildman–Crippen MR) is 95.9 cm³/mol. The molecule has 2 aromatic rings. The van der Waals surface area contributed by atoms with E-state index in [4.69, 9.17) is 4.74 Å². The summed E-state index contributed by atoms with van der Waals surface area (Å²) >= 11 is 0. The number of hydrogen-bond donors (Lipinski definition) is 2. The highest BCUT2D eigenvalue weighted by Crippen LogP contribution is 2.23. The van der Waals surface area contributed by atoms with Gasteiger partial charge in [0.1, 0.15) is 6.04 Å². The largest absolute Gasteiger partial charge is 0.389 e. The number of aliphatic hydroxyl groups excluding tert-OH is 1. The average Bonchev–Trinajstić information content (AvgIpc) is 2.63. The van der Waals surface area contributed by atoms with Crippen LogP contribution < -0.4 is 5.32 Å². The predicted octanol–water partition coefficient (Wildman–Crippen LogP) is 1.74. The fraction of sp³-hybridized carbons (Fsp3) is 0.350. The Kier molecular flexibility index (Phi) is 6.17. The molecule has 0 aromatic heterocycles. The van der Waals surface area contributed by atoms with Crippen molar-refractivity contribution >= 4 is 5.91 Å². The van der Waals surface area contributed by atoms with E-state index in [-0.39, 0.29) is 18.6 Å². The molecular formula is C20H24N2O3. The van der Waals surface area contributed by atoms with Gasteiger partial charge in [0.05, 0.1) is 19.3 Å². The van der Waals surface area contributed by atoms with Crippen LogP contribution in [0.25, 0.3) is 0 Å². The van der Waals surface area contributed by atoms with Crippen molar-refractivity contribution in [2.24, 2.45) is 0 Å². The van der Waals surface area contributed by atoms with Crippen LogP contribution in [0.5, 0.6) is 0 Å². The number of nitrogens with one attached hydrogen (secondary N) is 1. The summed E-state index contributed by atoms with van der Waals surface area (Å²) in [6.45, 7) is 2.43. The molecule has 0 spiro atoms. The van der Waals surface area contributed by atoms with Gasteiger partial charge in [0.15, 0.2) is 0 Å². The van der Waals surface area contributed by atoms with Crippen LogP contribution >= 0.6 is 0 Å². The number of benzene rings is 2. The summed E-state index contributed by atoms with van der Waals surface area (Å²) in [6.07, 6.45) is -0.638. The molecule has 25 heavy (non-hydrogen) atoms. The maximum absolute atomic E-state index is 12.3. The molecule has 1 heterocycles. The van der Waals surface area contributed by atoms with Gasteiger partial charge in [-0.3, -0.25) is 9.69 Å². The molecule has 2 N–H and O–H groups in total. The molecule has 0 aliphatic carbocycles. The minimum Gasteiger partial charge on any atom is -0.389 e. The van der Waals surface area contributed by atoms with Gasteiger partial charge < -0.3 is 15.2 Å². The molecule has 1 fully saturated rings. The third kappa shape index (κ3) is 4.89. The molecule has 0 unspecified atom stereocenters. The second kappa shape index (κ2) is 8.76. The zero-order valence-corrected chi connectivity index (χ0v) is 14.2. The Morgan fingerprint density at radius 3 is 2.52 bits per heavy atom. The summed E-state index contributed by atoms with van der Waals surface area (Å²) in [5.74, 6) is -0.0187. The minimum absolute atomic E-state index is 0.0187. The molecule has 3 rings (SSSR count). The highest BCUT2D eigenvalue weighted by atomic mass is 16.5. The highest BCUT2D eigenvalue weighted by molar-refractivity contribution is 5.83. The van der Waals surface area contributed by atoms with Gasteiger partial charge in [0, 0.05) is 19.6 Å². The van der Waals surface area contributed by atoms with Crippen molar-refractivity contribution in [1.29, 1.82) is 0 Å². The summed E-state index contributed by atoms with van der Waals surface area (Å²) in [5, 5.41) is 13.2. The lowest BCUT2D eigenvalue weighted by atomic mass is 10.0. The van der Waals surface area contributed by atoms with Crippen LogP contribution in [0.15, 0.2) is 60.7 Å². The lowest BCUT2D eigenvalue weighted by molar-refractivity contribution is -0.130. The van der Waals surface area contributed by atoms with Crippen molar-refractivity contribution < 1.29 is 14.6 Å². The topological polar surface area (TPSA) is 61.8 Å². The molecule has 132 valence electrons. The number of aliphatic hydroxyl groups is 1. The Bertz CT molecular complexity index is 663. The number of carbonyl (C=O) groups excluding carboxylic acids is 1. The monoisotopic (exact) mass is 340 g/mol. The standard InChI is InChI=1S/C20H24N2O3/c23-18(15-25-14-16-7-3-1-4-8-16)13-22-12-11-21-20(24)19(22)17-9-5-2-6-10-17/h1-10,18-19,23H,11-15H2,(H,21,24)/t18-,19-/m0/s1. The van der Waals surface area contributed by atoms with Crippen LogP contribution in [-0.4, -0.2) is 48.3 Å². The molecule has 2 atom stereocenters. The van der Waals surface area contributed by atoms with Crippen LogP contribution in [0.3, 0.4) is 0 Å². The van der Waals surface area contributed by atoms with Crippen molar-refractivity contribution in [2.75, 3.05) is 26.2 Å². The van der Waals surface area contributed by atoms with Crippen molar-refractivity contribution in [1.82, 2.24) is 10.2 Å². The quantitative estimate of drug-likeness (QED) is 0.806. The van der Waals surface area contributed by atoms with E-state index >= 15 is 0 Å². The molecule has 1 aliphatic heterocycles. The molecule has 1 amide bonds. The summed E-state index contributed by atoms with van der Waals surface area (Å²) in [7, 11) is 0. The Labute approximate surface area is 148 Å². The van der Waals surface area contributed by atoms with E-state index in [0.29, 0.717) is 26.2 Å². The van der Waals surface area contributed by atoms with Crippen molar-refractivity contribution in [3.05, 3.63) is 71.8 Å². The third-order valence-corrected chi connectivity index (χ3v) is 4.29. The van der Waals surface area contributed by atoms with Crippen LogP contribution in [0.4, 0.5) is 0 Å². The first-order valence-corrected chi connectivity index (χ1v) is 8.60. The molecular weight excluding hydrogens is 316 g/mol. The van der Waals surface area contributed by atoms with Gasteiger partial charge in [0.2, 0.25) is 5.91 Å². The second-order valence-electron chi connectivity index (χ2n) is 6.25. The van der Waals surface area contributed by atoms with Gasteiger partial charge >= 0.3 is 0 Å². The lowest BCUT2D eigenvalue weighted by Gasteiger charge is -2.36. The lowest BCUT2D eigenvalue weighted by Crippen LogP contribution is -2.52. The van der Waals surface area contributed by atoms with E-state index in [1.807, 2.05) is 65.6 Å². The molecule has 2 aromatic carbocycles. The van der Waals surface area contributed by atoms with Crippen molar-refractivity contribution in [3.8, 4) is 0 Å². The average molecular weight is 340 g/mol. The molecule has 0 bridgehead atoms. The number of carbonyl (C=O) groups is 1. The molecule has 0 radical (unpaired) electrons. The van der Waals surface area contributed by atoms with Crippen LogP contribution in [0.1, 0.15) is 17.2 Å². The first-order chi connectivity index (χ1) is 12.2. The van der Waals surface area contributed by atoms with Gasteiger partial charge in [-0.2, -0.15) is 0 Å². The summed E-state index contributed by atoms with van der Waals surface area (Å²) in [4.78, 5) is 14.3. The van der Waals surface area contributed by atoms with E-state index in [1.54, 1.807) is 0 Å². The Morgan fingerprint density at radius 1 is 1.12 bits per heavy atom. The fourth-order valence-electron chi connectivity index (χ4n) is 3.12. The van der Waals surface area contributed by atoms with E-state index in [9.17, 15) is 9.90 Å². The number of hydrogen-bond acceptors (Lipinski definition) is 4. The second-order valence-corrected chi connectivity index (χ2v) is 6.25. The number of β-amino-alcohol motifs (C(OH)–C–C–N with tert-alkyl or cyclic N) is 1. The summed E-state index contributed by atoms with van der Waals surface area (Å²) in [5.41, 5.74) is 2.02.